The molecular formula is C25H38N4O5S. The van der Waals surface area contributed by atoms with Gasteiger partial charge >= 0.3 is 12.0 Å². The van der Waals surface area contributed by atoms with E-state index in [1.807, 2.05) is 45.2 Å². The fourth-order valence-electron chi connectivity index (χ4n) is 4.00. The second kappa shape index (κ2) is 12.3. The molecule has 0 bridgehead atoms. The largest absolute Gasteiger partial charge is 0.467 e. The summed E-state index contributed by atoms with van der Waals surface area (Å²) < 4.78 is 4.84. The molecule has 0 saturated carbocycles. The minimum absolute atomic E-state index is 0.172. The smallest absolute Gasteiger partial charge is 0.328 e. The fraction of sp³-hybridized carbons (Fsp3) is 0.600. The summed E-state index contributed by atoms with van der Waals surface area (Å²) in [6.45, 7) is 9.77. The first-order valence-electron chi connectivity index (χ1n) is 11.8. The van der Waals surface area contributed by atoms with Crippen molar-refractivity contribution in [3.63, 3.8) is 0 Å². The predicted octanol–water partition coefficient (Wildman–Crippen LogP) is 3.25. The van der Waals surface area contributed by atoms with Crippen LogP contribution in [0.15, 0.2) is 29.2 Å². The average Bonchev–Trinajstić information content (AvgIpc) is 3.19. The summed E-state index contributed by atoms with van der Waals surface area (Å²) in [5, 5.41) is 8.40. The lowest BCUT2D eigenvalue weighted by atomic mass is 9.91. The van der Waals surface area contributed by atoms with Crippen molar-refractivity contribution in [2.45, 2.75) is 70.5 Å². The van der Waals surface area contributed by atoms with Crippen molar-refractivity contribution in [2.24, 2.45) is 11.3 Å². The summed E-state index contributed by atoms with van der Waals surface area (Å²) in [5.74, 6) is -1.45. The first kappa shape index (κ1) is 28.5. The number of thioether (sulfide) groups is 1. The molecule has 0 radical (unpaired) electrons. The van der Waals surface area contributed by atoms with Crippen molar-refractivity contribution in [2.75, 3.05) is 25.2 Å². The SMILES string of the molecule is COC(=O)[C@H](NC(=O)[C@@H]1[C@@H](NC(=O)Nc2cccc(SC)c2)CCN1C(=O)CC(C)(C)C)C(C)C. The molecule has 1 fully saturated rings. The van der Waals surface area contributed by atoms with E-state index in [1.54, 1.807) is 31.7 Å². The quantitative estimate of drug-likeness (QED) is 0.368. The van der Waals surface area contributed by atoms with Crippen LogP contribution >= 0.6 is 11.8 Å². The molecule has 35 heavy (non-hydrogen) atoms. The van der Waals surface area contributed by atoms with Crippen LogP contribution in [0.4, 0.5) is 10.5 Å². The second-order valence-corrected chi connectivity index (χ2v) is 11.1. The molecule has 194 valence electrons. The van der Waals surface area contributed by atoms with Crippen LogP contribution in [-0.2, 0) is 19.1 Å². The summed E-state index contributed by atoms with van der Waals surface area (Å²) in [5.41, 5.74) is 0.357. The molecule has 3 N–H and O–H groups in total. The van der Waals surface area contributed by atoms with Crippen LogP contribution in [0.3, 0.4) is 0 Å². The number of anilines is 1. The summed E-state index contributed by atoms with van der Waals surface area (Å²) >= 11 is 1.56. The maximum absolute atomic E-state index is 13.4. The number of methoxy groups -OCH3 is 1. The molecule has 2 rings (SSSR count). The van der Waals surface area contributed by atoms with Crippen LogP contribution in [0.1, 0.15) is 47.5 Å². The van der Waals surface area contributed by atoms with Crippen LogP contribution < -0.4 is 16.0 Å². The fourth-order valence-corrected chi connectivity index (χ4v) is 4.46. The lowest BCUT2D eigenvalue weighted by Crippen LogP contribution is -2.58. The molecule has 1 aromatic rings. The Morgan fingerprint density at radius 2 is 1.89 bits per heavy atom. The van der Waals surface area contributed by atoms with E-state index in [-0.39, 0.29) is 23.7 Å². The Balaban J connectivity index is 2.23. The number of esters is 1. The van der Waals surface area contributed by atoms with Crippen molar-refractivity contribution < 1.29 is 23.9 Å². The summed E-state index contributed by atoms with van der Waals surface area (Å²) in [4.78, 5) is 54.0. The molecule has 1 aliphatic heterocycles. The molecule has 0 spiro atoms. The van der Waals surface area contributed by atoms with Crippen molar-refractivity contribution in [1.82, 2.24) is 15.5 Å². The molecule has 0 aromatic heterocycles. The minimum atomic E-state index is -0.945. The molecule has 3 atom stereocenters. The van der Waals surface area contributed by atoms with E-state index in [9.17, 15) is 19.2 Å². The summed E-state index contributed by atoms with van der Waals surface area (Å²) in [6.07, 6.45) is 2.61. The Hall–Kier alpha value is -2.75. The number of amides is 4. The van der Waals surface area contributed by atoms with Gasteiger partial charge in [0.15, 0.2) is 0 Å². The molecule has 4 amide bonds. The van der Waals surface area contributed by atoms with Gasteiger partial charge in [0.1, 0.15) is 12.1 Å². The van der Waals surface area contributed by atoms with E-state index in [1.165, 1.54) is 12.0 Å². The minimum Gasteiger partial charge on any atom is -0.467 e. The molecular weight excluding hydrogens is 468 g/mol. The van der Waals surface area contributed by atoms with E-state index < -0.39 is 36.0 Å². The van der Waals surface area contributed by atoms with E-state index in [0.29, 0.717) is 18.7 Å². The number of carbonyl (C=O) groups is 4. The number of carbonyl (C=O) groups excluding carboxylic acids is 4. The van der Waals surface area contributed by atoms with Crippen LogP contribution in [0.5, 0.6) is 0 Å². The summed E-state index contributed by atoms with van der Waals surface area (Å²) in [7, 11) is 1.26. The highest BCUT2D eigenvalue weighted by molar-refractivity contribution is 7.98. The van der Waals surface area contributed by atoms with Crippen molar-refractivity contribution >= 4 is 41.3 Å². The van der Waals surface area contributed by atoms with Gasteiger partial charge in [-0.3, -0.25) is 9.59 Å². The van der Waals surface area contributed by atoms with Gasteiger partial charge in [-0.15, -0.1) is 11.8 Å². The Labute approximate surface area is 212 Å². The number of hydrogen-bond acceptors (Lipinski definition) is 6. The number of rotatable bonds is 8. The zero-order valence-corrected chi connectivity index (χ0v) is 22.5. The molecule has 1 aliphatic rings. The number of urea groups is 1. The van der Waals surface area contributed by atoms with Gasteiger partial charge in [-0.2, -0.15) is 0 Å². The molecule has 10 heteroatoms. The van der Waals surface area contributed by atoms with E-state index >= 15 is 0 Å². The van der Waals surface area contributed by atoms with E-state index in [4.69, 9.17) is 4.74 Å². The Morgan fingerprint density at radius 3 is 2.46 bits per heavy atom. The zero-order valence-electron chi connectivity index (χ0n) is 21.6. The number of ether oxygens (including phenoxy) is 1. The molecule has 9 nitrogen and oxygen atoms in total. The standard InChI is InChI=1S/C25H38N4O5S/c1-15(2)20(23(32)34-6)28-22(31)21-18(11-12-29(21)19(30)14-25(3,4)5)27-24(33)26-16-9-8-10-17(13-16)35-7/h8-10,13,15,18,20-21H,11-12,14H2,1-7H3,(H,28,31)(H2,26,27,33)/t18-,20+,21-/m0/s1. The van der Waals surface area contributed by atoms with Gasteiger partial charge < -0.3 is 25.6 Å². The third kappa shape index (κ3) is 8.16. The van der Waals surface area contributed by atoms with Crippen molar-refractivity contribution in [3.8, 4) is 0 Å². The van der Waals surface area contributed by atoms with Crippen LogP contribution in [0.25, 0.3) is 0 Å². The Kier molecular flexibility index (Phi) is 10.00. The molecule has 1 saturated heterocycles. The van der Waals surface area contributed by atoms with Gasteiger partial charge in [0, 0.05) is 23.5 Å². The van der Waals surface area contributed by atoms with Crippen molar-refractivity contribution in [3.05, 3.63) is 24.3 Å². The summed E-state index contributed by atoms with van der Waals surface area (Å²) in [6, 6.07) is 4.52. The Bertz CT molecular complexity index is 931. The third-order valence-electron chi connectivity index (χ3n) is 5.73. The predicted molar refractivity (Wildman–Crippen MR) is 137 cm³/mol. The lowest BCUT2D eigenvalue weighted by Gasteiger charge is -2.31. The topological polar surface area (TPSA) is 117 Å². The van der Waals surface area contributed by atoms with Gasteiger partial charge in [-0.1, -0.05) is 40.7 Å². The maximum Gasteiger partial charge on any atom is 0.328 e. The molecule has 1 aromatic carbocycles. The zero-order chi connectivity index (χ0) is 26.3. The van der Waals surface area contributed by atoms with Crippen LogP contribution in [0, 0.1) is 11.3 Å². The van der Waals surface area contributed by atoms with Crippen LogP contribution in [-0.4, -0.2) is 66.8 Å². The highest BCUT2D eigenvalue weighted by Crippen LogP contribution is 2.26. The number of nitrogens with one attached hydrogen (secondary N) is 3. The first-order chi connectivity index (χ1) is 16.4. The molecule has 0 aliphatic carbocycles. The van der Waals surface area contributed by atoms with Gasteiger partial charge in [-0.05, 0) is 42.2 Å². The molecule has 0 unspecified atom stereocenters. The van der Waals surface area contributed by atoms with E-state index in [2.05, 4.69) is 16.0 Å². The van der Waals surface area contributed by atoms with Crippen LogP contribution in [0.2, 0.25) is 0 Å². The van der Waals surface area contributed by atoms with Gasteiger partial charge in [-0.25, -0.2) is 9.59 Å². The molecule has 1 heterocycles. The van der Waals surface area contributed by atoms with Gasteiger partial charge in [0.2, 0.25) is 11.8 Å². The third-order valence-corrected chi connectivity index (χ3v) is 6.46. The van der Waals surface area contributed by atoms with Crippen molar-refractivity contribution in [1.29, 1.82) is 0 Å². The highest BCUT2D eigenvalue weighted by Gasteiger charge is 2.44. The normalized spacial score (nSPS) is 18.7. The Morgan fingerprint density at radius 1 is 1.20 bits per heavy atom. The highest BCUT2D eigenvalue weighted by atomic mass is 32.2. The van der Waals surface area contributed by atoms with Gasteiger partial charge in [0.25, 0.3) is 0 Å². The average molecular weight is 507 g/mol. The number of hydrogen-bond donors (Lipinski definition) is 3. The monoisotopic (exact) mass is 506 g/mol. The van der Waals surface area contributed by atoms with E-state index in [0.717, 1.165) is 4.90 Å². The lowest BCUT2D eigenvalue weighted by molar-refractivity contribution is -0.147. The second-order valence-electron chi connectivity index (χ2n) is 10.2. The number of benzene rings is 1. The van der Waals surface area contributed by atoms with Gasteiger partial charge in [0.05, 0.1) is 13.2 Å². The maximum atomic E-state index is 13.4. The first-order valence-corrected chi connectivity index (χ1v) is 13.0. The number of nitrogens with zero attached hydrogens (tertiary/aromatic N) is 1. The number of likely N-dealkylation sites (tertiary alicyclic amines) is 1.